The highest BCUT2D eigenvalue weighted by Gasteiger charge is 2.21. The fourth-order valence-electron chi connectivity index (χ4n) is 1.22. The third kappa shape index (κ3) is 4.04. The van der Waals surface area contributed by atoms with Gasteiger partial charge in [-0.2, -0.15) is 0 Å². The maximum absolute atomic E-state index is 5.86. The van der Waals surface area contributed by atoms with E-state index in [2.05, 4.69) is 6.92 Å². The summed E-state index contributed by atoms with van der Waals surface area (Å²) in [6.07, 6.45) is 1.03. The van der Waals surface area contributed by atoms with E-state index in [-0.39, 0.29) is 12.1 Å². The van der Waals surface area contributed by atoms with Crippen molar-refractivity contribution in [3.8, 4) is 0 Å². The molecule has 0 amide bonds. The fraction of sp³-hybridized carbons (Fsp3) is 1.00. The molecule has 1 aliphatic heterocycles. The molecule has 4 heteroatoms. The lowest BCUT2D eigenvalue weighted by atomic mass is 10.2. The van der Waals surface area contributed by atoms with Gasteiger partial charge in [0.25, 0.3) is 0 Å². The van der Waals surface area contributed by atoms with Crippen LogP contribution in [0.15, 0.2) is 0 Å². The summed E-state index contributed by atoms with van der Waals surface area (Å²) in [6, 6.07) is -0.0631. The standard InChI is InChI=1S/C9H19NO3/c1-2-3-11-6-8(10)9-7-12-4-5-13-9/h8-9H,2-7,10H2,1H3. The quantitative estimate of drug-likeness (QED) is 0.626. The summed E-state index contributed by atoms with van der Waals surface area (Å²) in [5, 5.41) is 0. The van der Waals surface area contributed by atoms with Crippen molar-refractivity contribution < 1.29 is 14.2 Å². The maximum atomic E-state index is 5.86. The molecule has 0 bridgehead atoms. The Morgan fingerprint density at radius 1 is 1.54 bits per heavy atom. The van der Waals surface area contributed by atoms with Gasteiger partial charge in [0.2, 0.25) is 0 Å². The first-order chi connectivity index (χ1) is 6.34. The fourth-order valence-corrected chi connectivity index (χ4v) is 1.22. The van der Waals surface area contributed by atoms with E-state index in [1.165, 1.54) is 0 Å². The van der Waals surface area contributed by atoms with Crippen molar-refractivity contribution in [2.45, 2.75) is 25.5 Å². The van der Waals surface area contributed by atoms with Crippen LogP contribution in [0.2, 0.25) is 0 Å². The minimum Gasteiger partial charge on any atom is -0.380 e. The van der Waals surface area contributed by atoms with Crippen LogP contribution < -0.4 is 5.73 Å². The Balaban J connectivity index is 2.09. The molecule has 4 nitrogen and oxygen atoms in total. The highest BCUT2D eigenvalue weighted by atomic mass is 16.6. The molecule has 0 aromatic heterocycles. The van der Waals surface area contributed by atoms with Gasteiger partial charge in [-0.3, -0.25) is 0 Å². The molecule has 0 aliphatic carbocycles. The van der Waals surface area contributed by atoms with E-state index < -0.39 is 0 Å². The van der Waals surface area contributed by atoms with Crippen LogP contribution in [0.25, 0.3) is 0 Å². The molecule has 2 unspecified atom stereocenters. The molecule has 0 spiro atoms. The third-order valence-corrected chi connectivity index (χ3v) is 1.98. The zero-order valence-electron chi connectivity index (χ0n) is 8.20. The van der Waals surface area contributed by atoms with Crippen LogP contribution in [0, 0.1) is 0 Å². The van der Waals surface area contributed by atoms with Crippen LogP contribution in [0.3, 0.4) is 0 Å². The summed E-state index contributed by atoms with van der Waals surface area (Å²) in [4.78, 5) is 0. The molecule has 1 heterocycles. The molecule has 13 heavy (non-hydrogen) atoms. The first-order valence-electron chi connectivity index (χ1n) is 4.87. The summed E-state index contributed by atoms with van der Waals surface area (Å²) in [6.45, 7) is 5.32. The Labute approximate surface area is 79.3 Å². The second kappa shape index (κ2) is 6.32. The van der Waals surface area contributed by atoms with E-state index >= 15 is 0 Å². The van der Waals surface area contributed by atoms with Crippen molar-refractivity contribution in [1.82, 2.24) is 0 Å². The van der Waals surface area contributed by atoms with Crippen molar-refractivity contribution in [2.24, 2.45) is 5.73 Å². The largest absolute Gasteiger partial charge is 0.380 e. The van der Waals surface area contributed by atoms with Gasteiger partial charge in [-0.15, -0.1) is 0 Å². The van der Waals surface area contributed by atoms with Crippen molar-refractivity contribution in [2.75, 3.05) is 33.0 Å². The molecular formula is C9H19NO3. The molecule has 0 aromatic carbocycles. The van der Waals surface area contributed by atoms with Crippen molar-refractivity contribution >= 4 is 0 Å². The van der Waals surface area contributed by atoms with Crippen molar-refractivity contribution in [3.63, 3.8) is 0 Å². The van der Waals surface area contributed by atoms with Crippen LogP contribution in [-0.4, -0.2) is 45.2 Å². The predicted octanol–water partition coefficient (Wildman–Crippen LogP) is 0.156. The number of hydrogen-bond donors (Lipinski definition) is 1. The number of nitrogens with two attached hydrogens (primary N) is 1. The van der Waals surface area contributed by atoms with Gasteiger partial charge in [-0.05, 0) is 6.42 Å². The Kier molecular flexibility index (Phi) is 5.31. The van der Waals surface area contributed by atoms with E-state index in [9.17, 15) is 0 Å². The van der Waals surface area contributed by atoms with Crippen LogP contribution >= 0.6 is 0 Å². The van der Waals surface area contributed by atoms with Gasteiger partial charge >= 0.3 is 0 Å². The third-order valence-electron chi connectivity index (χ3n) is 1.98. The molecule has 1 aliphatic rings. The predicted molar refractivity (Wildman–Crippen MR) is 49.6 cm³/mol. The molecule has 78 valence electrons. The normalized spacial score (nSPS) is 25.8. The monoisotopic (exact) mass is 189 g/mol. The van der Waals surface area contributed by atoms with E-state index in [4.69, 9.17) is 19.9 Å². The Hall–Kier alpha value is -0.160. The second-order valence-corrected chi connectivity index (χ2v) is 3.22. The lowest BCUT2D eigenvalue weighted by molar-refractivity contribution is -0.105. The Morgan fingerprint density at radius 2 is 2.38 bits per heavy atom. The van der Waals surface area contributed by atoms with E-state index in [1.54, 1.807) is 0 Å². The van der Waals surface area contributed by atoms with Gasteiger partial charge in [0.05, 0.1) is 38.6 Å². The molecule has 1 saturated heterocycles. The average molecular weight is 189 g/mol. The van der Waals surface area contributed by atoms with Crippen molar-refractivity contribution in [1.29, 1.82) is 0 Å². The van der Waals surface area contributed by atoms with Gasteiger partial charge in [-0.25, -0.2) is 0 Å². The first kappa shape index (κ1) is 10.9. The topological polar surface area (TPSA) is 53.7 Å². The lowest BCUT2D eigenvalue weighted by Crippen LogP contribution is -2.46. The van der Waals surface area contributed by atoms with Gasteiger partial charge in [0, 0.05) is 6.61 Å². The van der Waals surface area contributed by atoms with Crippen LogP contribution in [0.1, 0.15) is 13.3 Å². The summed E-state index contributed by atoms with van der Waals surface area (Å²) in [7, 11) is 0. The molecule has 0 radical (unpaired) electrons. The SMILES string of the molecule is CCCOCC(N)C1COCCO1. The number of hydrogen-bond acceptors (Lipinski definition) is 4. The minimum absolute atomic E-state index is 0.00519. The molecule has 2 atom stereocenters. The molecule has 0 saturated carbocycles. The Bertz CT molecular complexity index is 126. The van der Waals surface area contributed by atoms with Gasteiger partial charge in [-0.1, -0.05) is 6.92 Å². The summed E-state index contributed by atoms with van der Waals surface area (Å²) in [5.41, 5.74) is 5.86. The smallest absolute Gasteiger partial charge is 0.0982 e. The number of rotatable bonds is 5. The molecule has 1 rings (SSSR count). The average Bonchev–Trinajstić information content (AvgIpc) is 2.19. The van der Waals surface area contributed by atoms with Crippen molar-refractivity contribution in [3.05, 3.63) is 0 Å². The van der Waals surface area contributed by atoms with Crippen LogP contribution in [-0.2, 0) is 14.2 Å². The summed E-state index contributed by atoms with van der Waals surface area (Å²) < 4.78 is 16.0. The lowest BCUT2D eigenvalue weighted by Gasteiger charge is -2.27. The van der Waals surface area contributed by atoms with E-state index in [0.717, 1.165) is 13.0 Å². The van der Waals surface area contributed by atoms with Gasteiger partial charge in [0.15, 0.2) is 0 Å². The zero-order chi connectivity index (χ0) is 9.52. The summed E-state index contributed by atoms with van der Waals surface area (Å²) in [5.74, 6) is 0. The zero-order valence-corrected chi connectivity index (χ0v) is 8.20. The number of ether oxygens (including phenoxy) is 3. The van der Waals surface area contributed by atoms with Gasteiger partial charge < -0.3 is 19.9 Å². The highest BCUT2D eigenvalue weighted by molar-refractivity contribution is 4.74. The second-order valence-electron chi connectivity index (χ2n) is 3.22. The Morgan fingerprint density at radius 3 is 3.00 bits per heavy atom. The van der Waals surface area contributed by atoms with Crippen LogP contribution in [0.5, 0.6) is 0 Å². The minimum atomic E-state index is -0.0631. The molecule has 2 N–H and O–H groups in total. The van der Waals surface area contributed by atoms with Crippen LogP contribution in [0.4, 0.5) is 0 Å². The molecular weight excluding hydrogens is 170 g/mol. The van der Waals surface area contributed by atoms with E-state index in [1.807, 2.05) is 0 Å². The molecule has 1 fully saturated rings. The first-order valence-corrected chi connectivity index (χ1v) is 4.87. The highest BCUT2D eigenvalue weighted by Crippen LogP contribution is 2.04. The molecule has 0 aromatic rings. The summed E-state index contributed by atoms with van der Waals surface area (Å²) >= 11 is 0. The van der Waals surface area contributed by atoms with E-state index in [0.29, 0.717) is 26.4 Å². The van der Waals surface area contributed by atoms with Gasteiger partial charge in [0.1, 0.15) is 0 Å². The maximum Gasteiger partial charge on any atom is 0.0982 e.